The van der Waals surface area contributed by atoms with E-state index in [4.69, 9.17) is 11.5 Å². The molecule has 2 aromatic heterocycles. The summed E-state index contributed by atoms with van der Waals surface area (Å²) in [7, 11) is 0. The molecule has 128 valence electrons. The number of carbonyl (C=O) groups is 1. The molecule has 0 bridgehead atoms. The lowest BCUT2D eigenvalue weighted by Gasteiger charge is -2.12. The van der Waals surface area contributed by atoms with Crippen molar-refractivity contribution in [3.63, 3.8) is 0 Å². The maximum atomic E-state index is 11.5. The highest BCUT2D eigenvalue weighted by atomic mass is 16.1. The quantitative estimate of drug-likeness (QED) is 0.735. The Balaban J connectivity index is 1.99. The number of primary amides is 1. The SMILES string of the molecule is Cc1cc(N)nc(C)c1Cn1nc(C(N)=O)nc1Cc1ccccc1. The lowest BCUT2D eigenvalue weighted by molar-refractivity contribution is 0.0990. The summed E-state index contributed by atoms with van der Waals surface area (Å²) in [5.41, 5.74) is 15.1. The van der Waals surface area contributed by atoms with Crippen LogP contribution in [0.2, 0.25) is 0 Å². The van der Waals surface area contributed by atoms with Gasteiger partial charge in [0.1, 0.15) is 11.6 Å². The van der Waals surface area contributed by atoms with Crippen molar-refractivity contribution in [2.45, 2.75) is 26.8 Å². The zero-order valence-corrected chi connectivity index (χ0v) is 14.2. The third-order valence-electron chi connectivity index (χ3n) is 4.06. The molecule has 0 saturated heterocycles. The highest BCUT2D eigenvalue weighted by molar-refractivity contribution is 5.88. The highest BCUT2D eigenvalue weighted by Gasteiger charge is 2.16. The smallest absolute Gasteiger partial charge is 0.288 e. The fourth-order valence-electron chi connectivity index (χ4n) is 2.79. The highest BCUT2D eigenvalue weighted by Crippen LogP contribution is 2.17. The average Bonchev–Trinajstić information content (AvgIpc) is 2.95. The molecular formula is C18H20N6O. The number of nitrogens with two attached hydrogens (primary N) is 2. The molecule has 2 heterocycles. The van der Waals surface area contributed by atoms with Gasteiger partial charge in [0.15, 0.2) is 0 Å². The largest absolute Gasteiger partial charge is 0.384 e. The first-order valence-electron chi connectivity index (χ1n) is 7.94. The topological polar surface area (TPSA) is 113 Å². The second kappa shape index (κ2) is 6.72. The number of pyridine rings is 1. The molecule has 1 aromatic carbocycles. The average molecular weight is 336 g/mol. The number of nitrogens with zero attached hydrogens (tertiary/aromatic N) is 4. The van der Waals surface area contributed by atoms with Gasteiger partial charge < -0.3 is 11.5 Å². The summed E-state index contributed by atoms with van der Waals surface area (Å²) in [5.74, 6) is 0.539. The fraction of sp³-hybridized carbons (Fsp3) is 0.222. The summed E-state index contributed by atoms with van der Waals surface area (Å²) in [5, 5.41) is 4.28. The molecule has 0 aliphatic heterocycles. The molecule has 7 heteroatoms. The molecule has 4 N–H and O–H groups in total. The van der Waals surface area contributed by atoms with Crippen LogP contribution in [0.1, 0.15) is 38.8 Å². The van der Waals surface area contributed by atoms with Crippen molar-refractivity contribution in [1.29, 1.82) is 0 Å². The molecule has 0 unspecified atom stereocenters. The predicted molar refractivity (Wildman–Crippen MR) is 95.0 cm³/mol. The van der Waals surface area contributed by atoms with Crippen LogP contribution in [0.5, 0.6) is 0 Å². The summed E-state index contributed by atoms with van der Waals surface area (Å²) in [6.07, 6.45) is 0.557. The standard InChI is InChI=1S/C18H20N6O/c1-11-8-15(19)21-12(2)14(11)10-24-16(22-18(23-24)17(20)25)9-13-6-4-3-5-7-13/h3-8H,9-10H2,1-2H3,(H2,19,21)(H2,20,25). The molecule has 3 aromatic rings. The van der Waals surface area contributed by atoms with Gasteiger partial charge in [-0.15, -0.1) is 5.10 Å². The molecule has 3 rings (SSSR count). The van der Waals surface area contributed by atoms with Crippen LogP contribution in [0.15, 0.2) is 36.4 Å². The number of aryl methyl sites for hydroxylation is 2. The zero-order valence-electron chi connectivity index (χ0n) is 14.2. The number of amides is 1. The molecule has 0 aliphatic carbocycles. The Kier molecular flexibility index (Phi) is 4.47. The monoisotopic (exact) mass is 336 g/mol. The molecule has 25 heavy (non-hydrogen) atoms. The molecule has 0 fully saturated rings. The summed E-state index contributed by atoms with van der Waals surface area (Å²) in [4.78, 5) is 20.1. The second-order valence-corrected chi connectivity index (χ2v) is 5.96. The van der Waals surface area contributed by atoms with E-state index >= 15 is 0 Å². The molecule has 7 nitrogen and oxygen atoms in total. The van der Waals surface area contributed by atoms with Gasteiger partial charge in [0.25, 0.3) is 5.91 Å². The third kappa shape index (κ3) is 3.65. The first-order valence-corrected chi connectivity index (χ1v) is 7.94. The first-order chi connectivity index (χ1) is 11.9. The van der Waals surface area contributed by atoms with Crippen molar-refractivity contribution in [2.75, 3.05) is 5.73 Å². The Labute approximate surface area is 145 Å². The molecular weight excluding hydrogens is 316 g/mol. The van der Waals surface area contributed by atoms with Crippen LogP contribution < -0.4 is 11.5 Å². The van der Waals surface area contributed by atoms with Crippen LogP contribution in [-0.2, 0) is 13.0 Å². The van der Waals surface area contributed by atoms with E-state index < -0.39 is 5.91 Å². The minimum Gasteiger partial charge on any atom is -0.384 e. The number of carbonyl (C=O) groups excluding carboxylic acids is 1. The number of nitrogen functional groups attached to an aromatic ring is 1. The van der Waals surface area contributed by atoms with Crippen molar-refractivity contribution in [1.82, 2.24) is 19.7 Å². The Bertz CT molecular complexity index is 894. The minimum absolute atomic E-state index is 0.0182. The van der Waals surface area contributed by atoms with Gasteiger partial charge in [0.05, 0.1) is 6.54 Å². The Morgan fingerprint density at radius 3 is 2.52 bits per heavy atom. The van der Waals surface area contributed by atoms with Crippen LogP contribution in [-0.4, -0.2) is 25.7 Å². The number of anilines is 1. The van der Waals surface area contributed by atoms with Gasteiger partial charge in [-0.3, -0.25) is 4.79 Å². The molecule has 0 spiro atoms. The van der Waals surface area contributed by atoms with Gasteiger partial charge in [0.2, 0.25) is 5.82 Å². The van der Waals surface area contributed by atoms with E-state index in [-0.39, 0.29) is 5.82 Å². The van der Waals surface area contributed by atoms with E-state index in [2.05, 4.69) is 15.1 Å². The summed E-state index contributed by atoms with van der Waals surface area (Å²) in [6.45, 7) is 4.33. The van der Waals surface area contributed by atoms with Crippen LogP contribution >= 0.6 is 0 Å². The van der Waals surface area contributed by atoms with Crippen molar-refractivity contribution < 1.29 is 4.79 Å². The van der Waals surface area contributed by atoms with Crippen molar-refractivity contribution >= 4 is 11.7 Å². The third-order valence-corrected chi connectivity index (χ3v) is 4.06. The van der Waals surface area contributed by atoms with Gasteiger partial charge >= 0.3 is 0 Å². The van der Waals surface area contributed by atoms with Crippen molar-refractivity contribution in [3.8, 4) is 0 Å². The Hall–Kier alpha value is -3.22. The number of hydrogen-bond acceptors (Lipinski definition) is 5. The van der Waals surface area contributed by atoms with Crippen LogP contribution in [0, 0.1) is 13.8 Å². The first kappa shape index (κ1) is 16.6. The second-order valence-electron chi connectivity index (χ2n) is 5.96. The van der Waals surface area contributed by atoms with Gasteiger partial charge in [-0.25, -0.2) is 14.6 Å². The number of benzene rings is 1. The van der Waals surface area contributed by atoms with E-state index in [9.17, 15) is 4.79 Å². The van der Waals surface area contributed by atoms with Crippen LogP contribution in [0.25, 0.3) is 0 Å². The predicted octanol–water partition coefficient (Wildman–Crippen LogP) is 1.61. The Morgan fingerprint density at radius 1 is 1.16 bits per heavy atom. The van der Waals surface area contributed by atoms with E-state index in [1.165, 1.54) is 0 Å². The molecule has 0 radical (unpaired) electrons. The van der Waals surface area contributed by atoms with Gasteiger partial charge in [0, 0.05) is 12.1 Å². The van der Waals surface area contributed by atoms with Crippen LogP contribution in [0.4, 0.5) is 5.82 Å². The maximum Gasteiger partial charge on any atom is 0.288 e. The van der Waals surface area contributed by atoms with Gasteiger partial charge in [-0.1, -0.05) is 30.3 Å². The van der Waals surface area contributed by atoms with Crippen molar-refractivity contribution in [2.24, 2.45) is 5.73 Å². The van der Waals surface area contributed by atoms with E-state index in [1.807, 2.05) is 50.2 Å². The van der Waals surface area contributed by atoms with E-state index in [0.29, 0.717) is 24.6 Å². The van der Waals surface area contributed by atoms with Crippen molar-refractivity contribution in [3.05, 3.63) is 70.4 Å². The summed E-state index contributed by atoms with van der Waals surface area (Å²) >= 11 is 0. The summed E-state index contributed by atoms with van der Waals surface area (Å²) < 4.78 is 1.71. The minimum atomic E-state index is -0.642. The Morgan fingerprint density at radius 2 is 1.88 bits per heavy atom. The zero-order chi connectivity index (χ0) is 18.0. The van der Waals surface area contributed by atoms with Gasteiger partial charge in [-0.05, 0) is 36.6 Å². The lowest BCUT2D eigenvalue weighted by Crippen LogP contribution is -2.14. The van der Waals surface area contributed by atoms with E-state index in [1.54, 1.807) is 4.68 Å². The molecule has 0 saturated carbocycles. The van der Waals surface area contributed by atoms with E-state index in [0.717, 1.165) is 22.4 Å². The maximum absolute atomic E-state index is 11.5. The molecule has 1 amide bonds. The van der Waals surface area contributed by atoms with Gasteiger partial charge in [-0.2, -0.15) is 0 Å². The van der Waals surface area contributed by atoms with Crippen LogP contribution in [0.3, 0.4) is 0 Å². The fourth-order valence-corrected chi connectivity index (χ4v) is 2.79. The lowest BCUT2D eigenvalue weighted by atomic mass is 10.1. The molecule has 0 aliphatic rings. The normalized spacial score (nSPS) is 10.8. The number of hydrogen-bond donors (Lipinski definition) is 2. The molecule has 0 atom stereocenters. The summed E-state index contributed by atoms with van der Waals surface area (Å²) in [6, 6.07) is 11.7. The number of rotatable bonds is 5. The number of aromatic nitrogens is 4.